The number of amides is 1. The number of carboxylic acids is 1. The predicted molar refractivity (Wildman–Crippen MR) is 76.2 cm³/mol. The molecule has 4 nitrogen and oxygen atoms in total. The van der Waals surface area contributed by atoms with Crippen molar-refractivity contribution in [2.75, 3.05) is 11.5 Å². The standard InChI is InChI=1S/C12H11Cl2NO3S/c13-8-3-1-2-7(9(8)14)10(16)15-12(11(17)18)4-5-19-6-12/h1-3H,4-6H2,(H,15,16)(H,17,18)/t12-/m0/s1. The third-order valence-electron chi connectivity index (χ3n) is 2.98. The second-order valence-electron chi connectivity index (χ2n) is 4.25. The maximum Gasteiger partial charge on any atom is 0.330 e. The first-order valence-corrected chi connectivity index (χ1v) is 7.45. The lowest BCUT2D eigenvalue weighted by atomic mass is 9.98. The van der Waals surface area contributed by atoms with E-state index in [-0.39, 0.29) is 15.6 Å². The quantitative estimate of drug-likeness (QED) is 0.899. The minimum atomic E-state index is -1.21. The molecule has 1 aliphatic heterocycles. The highest BCUT2D eigenvalue weighted by Crippen LogP contribution is 2.30. The van der Waals surface area contributed by atoms with E-state index in [4.69, 9.17) is 23.2 Å². The first kappa shape index (κ1) is 14.5. The average molecular weight is 320 g/mol. The van der Waals surface area contributed by atoms with Crippen molar-refractivity contribution in [1.29, 1.82) is 0 Å². The van der Waals surface area contributed by atoms with Crippen LogP contribution in [0.4, 0.5) is 0 Å². The highest BCUT2D eigenvalue weighted by atomic mass is 35.5. The van der Waals surface area contributed by atoms with E-state index < -0.39 is 17.4 Å². The molecule has 0 radical (unpaired) electrons. The molecule has 0 aromatic heterocycles. The maximum absolute atomic E-state index is 12.2. The van der Waals surface area contributed by atoms with E-state index in [1.807, 2.05) is 0 Å². The van der Waals surface area contributed by atoms with Crippen LogP contribution in [0.2, 0.25) is 10.0 Å². The molecule has 2 rings (SSSR count). The molecule has 1 atom stereocenters. The Balaban J connectivity index is 2.25. The number of thioether (sulfide) groups is 1. The van der Waals surface area contributed by atoms with Crippen LogP contribution >= 0.6 is 35.0 Å². The van der Waals surface area contributed by atoms with Crippen LogP contribution < -0.4 is 5.32 Å². The van der Waals surface area contributed by atoms with Gasteiger partial charge in [-0.15, -0.1) is 0 Å². The van der Waals surface area contributed by atoms with E-state index >= 15 is 0 Å². The van der Waals surface area contributed by atoms with Crippen molar-refractivity contribution in [3.05, 3.63) is 33.8 Å². The highest BCUT2D eigenvalue weighted by molar-refractivity contribution is 7.99. The van der Waals surface area contributed by atoms with Gasteiger partial charge in [0, 0.05) is 5.75 Å². The Labute approximate surface area is 124 Å². The van der Waals surface area contributed by atoms with Crippen LogP contribution in [-0.2, 0) is 4.79 Å². The van der Waals surface area contributed by atoms with Gasteiger partial charge in [0.15, 0.2) is 0 Å². The lowest BCUT2D eigenvalue weighted by molar-refractivity contribution is -0.143. The van der Waals surface area contributed by atoms with E-state index in [1.165, 1.54) is 17.8 Å². The predicted octanol–water partition coefficient (Wildman–Crippen LogP) is 2.68. The summed E-state index contributed by atoms with van der Waals surface area (Å²) in [6, 6.07) is 4.68. The summed E-state index contributed by atoms with van der Waals surface area (Å²) in [5.74, 6) is -0.483. The van der Waals surface area contributed by atoms with Gasteiger partial charge >= 0.3 is 5.97 Å². The van der Waals surface area contributed by atoms with Gasteiger partial charge in [0.1, 0.15) is 5.54 Å². The number of benzene rings is 1. The summed E-state index contributed by atoms with van der Waals surface area (Å²) < 4.78 is 0. The molecule has 1 heterocycles. The topological polar surface area (TPSA) is 66.4 Å². The fourth-order valence-corrected chi connectivity index (χ4v) is 3.56. The van der Waals surface area contributed by atoms with Gasteiger partial charge in [0.2, 0.25) is 0 Å². The number of nitrogens with one attached hydrogen (secondary N) is 1. The van der Waals surface area contributed by atoms with Crippen molar-refractivity contribution in [3.8, 4) is 0 Å². The summed E-state index contributed by atoms with van der Waals surface area (Å²) in [6.07, 6.45) is 0.400. The largest absolute Gasteiger partial charge is 0.479 e. The van der Waals surface area contributed by atoms with Gasteiger partial charge in [-0.2, -0.15) is 11.8 Å². The van der Waals surface area contributed by atoms with Crippen LogP contribution in [0.15, 0.2) is 18.2 Å². The molecule has 1 saturated heterocycles. The SMILES string of the molecule is O=C(N[C@@]1(C(=O)O)CCSC1)c1cccc(Cl)c1Cl. The summed E-state index contributed by atoms with van der Waals surface area (Å²) in [4.78, 5) is 23.5. The monoisotopic (exact) mass is 319 g/mol. The van der Waals surface area contributed by atoms with Crippen LogP contribution in [0.1, 0.15) is 16.8 Å². The zero-order valence-corrected chi connectivity index (χ0v) is 12.1. The summed E-state index contributed by atoms with van der Waals surface area (Å²) >= 11 is 13.3. The molecule has 1 fully saturated rings. The van der Waals surface area contributed by atoms with E-state index in [0.29, 0.717) is 17.9 Å². The number of carbonyl (C=O) groups excluding carboxylic acids is 1. The molecule has 0 saturated carbocycles. The fourth-order valence-electron chi connectivity index (χ4n) is 1.85. The smallest absolute Gasteiger partial charge is 0.330 e. The molecular formula is C12H11Cl2NO3S. The Morgan fingerprint density at radius 3 is 2.68 bits per heavy atom. The molecule has 19 heavy (non-hydrogen) atoms. The molecule has 1 aliphatic rings. The van der Waals surface area contributed by atoms with Crippen LogP contribution in [0.25, 0.3) is 0 Å². The molecular weight excluding hydrogens is 309 g/mol. The number of carbonyl (C=O) groups is 2. The van der Waals surface area contributed by atoms with Crippen LogP contribution in [0.3, 0.4) is 0 Å². The number of hydrogen-bond acceptors (Lipinski definition) is 3. The Hall–Kier alpha value is -0.910. The molecule has 7 heteroatoms. The Kier molecular flexibility index (Phi) is 4.28. The van der Waals surface area contributed by atoms with Crippen LogP contribution in [0.5, 0.6) is 0 Å². The molecule has 0 spiro atoms. The van der Waals surface area contributed by atoms with Gasteiger partial charge in [0.05, 0.1) is 15.6 Å². The number of rotatable bonds is 3. The minimum absolute atomic E-state index is 0.132. The Morgan fingerprint density at radius 1 is 1.37 bits per heavy atom. The molecule has 1 aromatic rings. The van der Waals surface area contributed by atoms with Gasteiger partial charge in [-0.05, 0) is 24.3 Å². The van der Waals surface area contributed by atoms with Crippen molar-refractivity contribution in [2.24, 2.45) is 0 Å². The average Bonchev–Trinajstić information content (AvgIpc) is 2.82. The summed E-state index contributed by atoms with van der Waals surface area (Å²) in [5.41, 5.74) is -1.03. The van der Waals surface area contributed by atoms with Crippen molar-refractivity contribution < 1.29 is 14.7 Å². The summed E-state index contributed by atoms with van der Waals surface area (Å²) in [5, 5.41) is 12.3. The first-order chi connectivity index (χ1) is 8.96. The molecule has 0 aliphatic carbocycles. The van der Waals surface area contributed by atoms with Crippen molar-refractivity contribution in [3.63, 3.8) is 0 Å². The third-order valence-corrected chi connectivity index (χ3v) is 4.99. The molecule has 0 unspecified atom stereocenters. The zero-order valence-electron chi connectivity index (χ0n) is 9.78. The second-order valence-corrected chi connectivity index (χ2v) is 6.14. The summed E-state index contributed by atoms with van der Waals surface area (Å²) in [6.45, 7) is 0. The highest BCUT2D eigenvalue weighted by Gasteiger charge is 2.43. The lowest BCUT2D eigenvalue weighted by Crippen LogP contribution is -2.54. The first-order valence-electron chi connectivity index (χ1n) is 5.54. The molecule has 1 amide bonds. The third kappa shape index (κ3) is 2.83. The maximum atomic E-state index is 12.2. The second kappa shape index (κ2) is 5.61. The van der Waals surface area contributed by atoms with Gasteiger partial charge < -0.3 is 10.4 Å². The molecule has 0 bridgehead atoms. The van der Waals surface area contributed by atoms with E-state index in [9.17, 15) is 14.7 Å². The normalized spacial score (nSPS) is 22.2. The van der Waals surface area contributed by atoms with Gasteiger partial charge in [-0.3, -0.25) is 4.79 Å². The number of aliphatic carboxylic acids is 1. The van der Waals surface area contributed by atoms with E-state index in [2.05, 4.69) is 5.32 Å². The Morgan fingerprint density at radius 2 is 2.11 bits per heavy atom. The molecule has 2 N–H and O–H groups in total. The lowest BCUT2D eigenvalue weighted by Gasteiger charge is -2.24. The van der Waals surface area contributed by atoms with Crippen molar-refractivity contribution >= 4 is 46.8 Å². The van der Waals surface area contributed by atoms with Crippen LogP contribution in [-0.4, -0.2) is 34.0 Å². The number of halogens is 2. The van der Waals surface area contributed by atoms with Gasteiger partial charge in [0.25, 0.3) is 5.91 Å². The zero-order chi connectivity index (χ0) is 14.0. The fraction of sp³-hybridized carbons (Fsp3) is 0.333. The summed E-state index contributed by atoms with van der Waals surface area (Å²) in [7, 11) is 0. The van der Waals surface area contributed by atoms with E-state index in [1.54, 1.807) is 12.1 Å². The van der Waals surface area contributed by atoms with Crippen LogP contribution in [0, 0.1) is 0 Å². The van der Waals surface area contributed by atoms with E-state index in [0.717, 1.165) is 0 Å². The minimum Gasteiger partial charge on any atom is -0.479 e. The van der Waals surface area contributed by atoms with Gasteiger partial charge in [-0.1, -0.05) is 29.3 Å². The van der Waals surface area contributed by atoms with Crippen molar-refractivity contribution in [2.45, 2.75) is 12.0 Å². The molecule has 102 valence electrons. The van der Waals surface area contributed by atoms with Crippen molar-refractivity contribution in [1.82, 2.24) is 5.32 Å². The number of carboxylic acid groups (broad SMARTS) is 1. The van der Waals surface area contributed by atoms with Gasteiger partial charge in [-0.25, -0.2) is 4.79 Å². The number of hydrogen-bond donors (Lipinski definition) is 2. The Bertz CT molecular complexity index is 530. The molecule has 1 aromatic carbocycles.